The highest BCUT2D eigenvalue weighted by atomic mass is 35.5. The molecule has 0 spiro atoms. The van der Waals surface area contributed by atoms with Gasteiger partial charge in [-0.05, 0) is 12.5 Å². The van der Waals surface area contributed by atoms with Crippen molar-refractivity contribution >= 4 is 44.1 Å². The molecule has 0 bridgehead atoms. The number of alkyl halides is 1. The van der Waals surface area contributed by atoms with Crippen LogP contribution < -0.4 is 0 Å². The average Bonchev–Trinajstić information content (AvgIpc) is 2.91. The monoisotopic (exact) mass is 350 g/mol. The fourth-order valence-corrected chi connectivity index (χ4v) is 4.81. The zero-order valence-corrected chi connectivity index (χ0v) is 13.3. The van der Waals surface area contributed by atoms with Gasteiger partial charge in [0.05, 0.1) is 33.6 Å². The Hall–Kier alpha value is -0.850. The molecule has 1 atom stereocenters. The van der Waals surface area contributed by atoms with Gasteiger partial charge in [0.25, 0.3) is 0 Å². The molecule has 1 aromatic carbocycles. The first-order chi connectivity index (χ1) is 9.91. The molecule has 1 fully saturated rings. The van der Waals surface area contributed by atoms with Crippen molar-refractivity contribution in [3.05, 3.63) is 28.8 Å². The van der Waals surface area contributed by atoms with Crippen LogP contribution in [0.2, 0.25) is 5.02 Å². The van der Waals surface area contributed by atoms with Crippen molar-refractivity contribution in [2.75, 3.05) is 17.4 Å². The van der Waals surface area contributed by atoms with Crippen LogP contribution in [0.3, 0.4) is 0 Å². The van der Waals surface area contributed by atoms with E-state index in [2.05, 4.69) is 4.98 Å². The molecule has 1 aliphatic heterocycles. The van der Waals surface area contributed by atoms with Crippen molar-refractivity contribution in [2.45, 2.75) is 18.9 Å². The number of imidazole rings is 1. The molecular formula is C13H13Cl2FN2O2S. The molecule has 4 nitrogen and oxygen atoms in total. The predicted molar refractivity (Wildman–Crippen MR) is 81.4 cm³/mol. The van der Waals surface area contributed by atoms with E-state index >= 15 is 0 Å². The van der Waals surface area contributed by atoms with E-state index in [1.54, 1.807) is 0 Å². The third-order valence-electron chi connectivity index (χ3n) is 3.70. The van der Waals surface area contributed by atoms with E-state index in [0.29, 0.717) is 35.6 Å². The van der Waals surface area contributed by atoms with Gasteiger partial charge < -0.3 is 4.57 Å². The minimum Gasteiger partial charge on any atom is -0.324 e. The van der Waals surface area contributed by atoms with Crippen molar-refractivity contribution in [3.63, 3.8) is 0 Å². The average molecular weight is 351 g/mol. The Kier molecular flexibility index (Phi) is 3.88. The Morgan fingerprint density at radius 2 is 2.19 bits per heavy atom. The summed E-state index contributed by atoms with van der Waals surface area (Å²) < 4.78 is 39.0. The molecule has 2 aromatic rings. The lowest BCUT2D eigenvalue weighted by Crippen LogP contribution is -2.14. The third-order valence-corrected chi connectivity index (χ3v) is 5.93. The maximum atomic E-state index is 13.7. The number of hydrogen-bond donors (Lipinski definition) is 0. The van der Waals surface area contributed by atoms with Crippen molar-refractivity contribution < 1.29 is 12.8 Å². The first kappa shape index (κ1) is 15.1. The zero-order chi connectivity index (χ0) is 15.2. The predicted octanol–water partition coefficient (Wildman–Crippen LogP) is 2.97. The number of halogens is 3. The van der Waals surface area contributed by atoms with Gasteiger partial charge in [0.2, 0.25) is 0 Å². The van der Waals surface area contributed by atoms with Crippen LogP contribution in [-0.4, -0.2) is 35.4 Å². The quantitative estimate of drug-likeness (QED) is 0.799. The summed E-state index contributed by atoms with van der Waals surface area (Å²) >= 11 is 11.6. The number of rotatable bonds is 3. The van der Waals surface area contributed by atoms with Gasteiger partial charge in [-0.25, -0.2) is 17.8 Å². The second-order valence-electron chi connectivity index (χ2n) is 5.15. The molecule has 0 N–H and O–H groups in total. The first-order valence-corrected chi connectivity index (χ1v) is 9.27. The Morgan fingerprint density at radius 3 is 2.81 bits per heavy atom. The highest BCUT2D eigenvalue weighted by molar-refractivity contribution is 7.91. The lowest BCUT2D eigenvalue weighted by molar-refractivity contribution is 0.547. The Labute approximate surface area is 131 Å². The Balaban J connectivity index is 2.18. The third kappa shape index (κ3) is 2.76. The molecule has 114 valence electrons. The Morgan fingerprint density at radius 1 is 1.43 bits per heavy atom. The molecular weight excluding hydrogens is 338 g/mol. The summed E-state index contributed by atoms with van der Waals surface area (Å²) in [5.41, 5.74) is 1.13. The van der Waals surface area contributed by atoms with E-state index in [9.17, 15) is 12.8 Å². The second kappa shape index (κ2) is 5.41. The lowest BCUT2D eigenvalue weighted by Gasteiger charge is -2.15. The summed E-state index contributed by atoms with van der Waals surface area (Å²) in [5.74, 6) is 0.692. The van der Waals surface area contributed by atoms with Gasteiger partial charge in [-0.1, -0.05) is 11.6 Å². The standard InChI is InChI=1S/C13H13Cl2FN2O2S/c14-3-1-13-17-11-5-9(15)10(16)6-12(11)18(13)8-2-4-21(19,20)7-8/h5-6,8H,1-4,7H2. The summed E-state index contributed by atoms with van der Waals surface area (Å²) in [4.78, 5) is 4.43. The van der Waals surface area contributed by atoms with Crippen LogP contribution >= 0.6 is 23.2 Å². The number of sulfone groups is 1. The van der Waals surface area contributed by atoms with Crippen LogP contribution in [-0.2, 0) is 16.3 Å². The molecule has 1 saturated heterocycles. The van der Waals surface area contributed by atoms with Gasteiger partial charge in [-0.2, -0.15) is 0 Å². The number of hydrogen-bond acceptors (Lipinski definition) is 3. The van der Waals surface area contributed by atoms with E-state index in [-0.39, 0.29) is 22.6 Å². The van der Waals surface area contributed by atoms with E-state index < -0.39 is 15.7 Å². The van der Waals surface area contributed by atoms with E-state index in [0.717, 1.165) is 0 Å². The van der Waals surface area contributed by atoms with Crippen LogP contribution in [0.4, 0.5) is 4.39 Å². The van der Waals surface area contributed by atoms with Gasteiger partial charge in [-0.15, -0.1) is 11.6 Å². The molecule has 0 radical (unpaired) electrons. The first-order valence-electron chi connectivity index (χ1n) is 6.53. The SMILES string of the molecule is O=S1(=O)CCC(n2c(CCCl)nc3cc(Cl)c(F)cc32)C1. The summed E-state index contributed by atoms with van der Waals surface area (Å²) in [5, 5.41) is 0.00335. The van der Waals surface area contributed by atoms with Crippen molar-refractivity contribution in [1.29, 1.82) is 0 Å². The van der Waals surface area contributed by atoms with Gasteiger partial charge in [0.1, 0.15) is 11.6 Å². The van der Waals surface area contributed by atoms with Crippen molar-refractivity contribution in [1.82, 2.24) is 9.55 Å². The van der Waals surface area contributed by atoms with Gasteiger partial charge in [0, 0.05) is 18.4 Å². The van der Waals surface area contributed by atoms with Crippen LogP contribution in [0.1, 0.15) is 18.3 Å². The number of fused-ring (bicyclic) bond motifs is 1. The molecule has 0 amide bonds. The summed E-state index contributed by atoms with van der Waals surface area (Å²) in [6.45, 7) is 0. The van der Waals surface area contributed by atoms with Crippen molar-refractivity contribution in [2.24, 2.45) is 0 Å². The molecule has 1 aliphatic rings. The van der Waals surface area contributed by atoms with Gasteiger partial charge >= 0.3 is 0 Å². The second-order valence-corrected chi connectivity index (χ2v) is 8.16. The number of nitrogens with zero attached hydrogens (tertiary/aromatic N) is 2. The highest BCUT2D eigenvalue weighted by Gasteiger charge is 2.31. The molecule has 8 heteroatoms. The van der Waals surface area contributed by atoms with Crippen LogP contribution in [0.5, 0.6) is 0 Å². The summed E-state index contributed by atoms with van der Waals surface area (Å²) in [6.07, 6.45) is 0.999. The zero-order valence-electron chi connectivity index (χ0n) is 11.0. The normalized spacial score (nSPS) is 21.2. The maximum absolute atomic E-state index is 13.7. The van der Waals surface area contributed by atoms with E-state index in [4.69, 9.17) is 23.2 Å². The molecule has 1 aromatic heterocycles. The van der Waals surface area contributed by atoms with E-state index in [1.807, 2.05) is 4.57 Å². The maximum Gasteiger partial charge on any atom is 0.152 e. The highest BCUT2D eigenvalue weighted by Crippen LogP contribution is 2.31. The Bertz CT molecular complexity index is 804. The van der Waals surface area contributed by atoms with Crippen LogP contribution in [0.25, 0.3) is 11.0 Å². The van der Waals surface area contributed by atoms with Crippen LogP contribution in [0.15, 0.2) is 12.1 Å². The molecule has 2 heterocycles. The minimum atomic E-state index is -3.04. The number of benzene rings is 1. The molecule has 0 saturated carbocycles. The lowest BCUT2D eigenvalue weighted by atomic mass is 10.2. The summed E-state index contributed by atoms with van der Waals surface area (Å²) in [7, 11) is -3.04. The minimum absolute atomic E-state index is 0.00335. The van der Waals surface area contributed by atoms with Crippen molar-refractivity contribution in [3.8, 4) is 0 Å². The fraction of sp³-hybridized carbons (Fsp3) is 0.462. The summed E-state index contributed by atoms with van der Waals surface area (Å²) in [6, 6.07) is 2.55. The van der Waals surface area contributed by atoms with Gasteiger partial charge in [0.15, 0.2) is 9.84 Å². The van der Waals surface area contributed by atoms with Crippen LogP contribution in [0, 0.1) is 5.82 Å². The molecule has 21 heavy (non-hydrogen) atoms. The van der Waals surface area contributed by atoms with E-state index in [1.165, 1.54) is 12.1 Å². The van der Waals surface area contributed by atoms with Gasteiger partial charge in [-0.3, -0.25) is 0 Å². The fourth-order valence-electron chi connectivity index (χ4n) is 2.79. The number of aryl methyl sites for hydroxylation is 1. The number of aromatic nitrogens is 2. The molecule has 1 unspecified atom stereocenters. The topological polar surface area (TPSA) is 52.0 Å². The largest absolute Gasteiger partial charge is 0.324 e. The molecule has 3 rings (SSSR count). The molecule has 0 aliphatic carbocycles. The smallest absolute Gasteiger partial charge is 0.152 e.